The van der Waals surface area contributed by atoms with Crippen molar-refractivity contribution < 1.29 is 0 Å². The summed E-state index contributed by atoms with van der Waals surface area (Å²) in [5.74, 6) is 0.368. The molecule has 0 amide bonds. The zero-order chi connectivity index (χ0) is 14.3. The molecule has 3 aromatic rings. The molecular formula is C14H8BrClN4. The SMILES string of the molecule is N#Cc1ccc(-n2c(N)nc3cc(Cl)ccc32)c(Br)c1. The van der Waals surface area contributed by atoms with Gasteiger partial charge in [-0.2, -0.15) is 5.26 Å². The van der Waals surface area contributed by atoms with Gasteiger partial charge in [0.25, 0.3) is 0 Å². The molecule has 0 aliphatic rings. The van der Waals surface area contributed by atoms with Crippen molar-refractivity contribution in [1.82, 2.24) is 9.55 Å². The number of imidazole rings is 1. The highest BCUT2D eigenvalue weighted by Crippen LogP contribution is 2.30. The Balaban J connectivity index is 2.30. The molecule has 4 nitrogen and oxygen atoms in total. The number of nitrogens with two attached hydrogens (primary N) is 1. The third-order valence-corrected chi connectivity index (χ3v) is 3.83. The third-order valence-electron chi connectivity index (χ3n) is 2.96. The van der Waals surface area contributed by atoms with E-state index >= 15 is 0 Å². The smallest absolute Gasteiger partial charge is 0.205 e. The van der Waals surface area contributed by atoms with Gasteiger partial charge in [0.2, 0.25) is 5.95 Å². The van der Waals surface area contributed by atoms with Crippen molar-refractivity contribution in [2.45, 2.75) is 0 Å². The first-order valence-electron chi connectivity index (χ1n) is 5.73. The van der Waals surface area contributed by atoms with E-state index in [1.807, 2.05) is 16.7 Å². The molecule has 1 aromatic heterocycles. The molecular weight excluding hydrogens is 340 g/mol. The normalized spacial score (nSPS) is 10.7. The van der Waals surface area contributed by atoms with Gasteiger partial charge in [-0.3, -0.25) is 4.57 Å². The van der Waals surface area contributed by atoms with Crippen LogP contribution >= 0.6 is 27.5 Å². The minimum atomic E-state index is 0.368. The van der Waals surface area contributed by atoms with E-state index in [1.165, 1.54) is 0 Å². The number of rotatable bonds is 1. The number of aromatic nitrogens is 2. The summed E-state index contributed by atoms with van der Waals surface area (Å²) in [6.45, 7) is 0. The molecule has 0 radical (unpaired) electrons. The van der Waals surface area contributed by atoms with Gasteiger partial charge in [0, 0.05) is 9.50 Å². The molecule has 0 saturated heterocycles. The Bertz CT molecular complexity index is 863. The van der Waals surface area contributed by atoms with E-state index in [9.17, 15) is 0 Å². The molecule has 0 aliphatic carbocycles. The zero-order valence-electron chi connectivity index (χ0n) is 10.1. The van der Waals surface area contributed by atoms with Gasteiger partial charge >= 0.3 is 0 Å². The van der Waals surface area contributed by atoms with Crippen LogP contribution in [-0.2, 0) is 0 Å². The maximum absolute atomic E-state index is 8.91. The topological polar surface area (TPSA) is 67.6 Å². The van der Waals surface area contributed by atoms with Crippen LogP contribution in [0.2, 0.25) is 5.02 Å². The number of nitrogen functional groups attached to an aromatic ring is 1. The second-order valence-corrected chi connectivity index (χ2v) is 5.51. The van der Waals surface area contributed by atoms with Crippen LogP contribution in [0.15, 0.2) is 40.9 Å². The predicted octanol–water partition coefficient (Wildman–Crippen LogP) is 3.90. The maximum Gasteiger partial charge on any atom is 0.205 e. The summed E-state index contributed by atoms with van der Waals surface area (Å²) < 4.78 is 2.59. The lowest BCUT2D eigenvalue weighted by Gasteiger charge is -2.09. The van der Waals surface area contributed by atoms with Gasteiger partial charge in [-0.15, -0.1) is 0 Å². The van der Waals surface area contributed by atoms with Crippen molar-refractivity contribution in [3.63, 3.8) is 0 Å². The monoisotopic (exact) mass is 346 g/mol. The third kappa shape index (κ3) is 2.03. The molecule has 0 unspecified atom stereocenters. The van der Waals surface area contributed by atoms with E-state index in [1.54, 1.807) is 24.3 Å². The quantitative estimate of drug-likeness (QED) is 0.726. The molecule has 6 heteroatoms. The number of nitrogens with zero attached hydrogens (tertiary/aromatic N) is 3. The molecule has 98 valence electrons. The van der Waals surface area contributed by atoms with Crippen molar-refractivity contribution in [2.75, 3.05) is 5.73 Å². The van der Waals surface area contributed by atoms with Crippen molar-refractivity contribution in [2.24, 2.45) is 0 Å². The van der Waals surface area contributed by atoms with E-state index in [0.29, 0.717) is 16.5 Å². The lowest BCUT2D eigenvalue weighted by molar-refractivity contribution is 1.10. The molecule has 0 spiro atoms. The lowest BCUT2D eigenvalue weighted by atomic mass is 10.2. The highest BCUT2D eigenvalue weighted by molar-refractivity contribution is 9.10. The molecule has 1 heterocycles. The van der Waals surface area contributed by atoms with Crippen LogP contribution in [-0.4, -0.2) is 9.55 Å². The van der Waals surface area contributed by atoms with Crippen molar-refractivity contribution in [3.05, 3.63) is 51.5 Å². The van der Waals surface area contributed by atoms with Crippen LogP contribution < -0.4 is 5.73 Å². The summed E-state index contributed by atoms with van der Waals surface area (Å²) in [7, 11) is 0. The summed E-state index contributed by atoms with van der Waals surface area (Å²) in [5.41, 5.74) is 8.99. The Morgan fingerprint density at radius 3 is 2.75 bits per heavy atom. The average molecular weight is 348 g/mol. The Labute approximate surface area is 128 Å². The van der Waals surface area contributed by atoms with Gasteiger partial charge in [0.05, 0.1) is 28.4 Å². The Hall–Kier alpha value is -2.03. The standard InChI is InChI=1S/C14H8BrClN4/c15-10-5-8(7-17)1-3-12(10)20-13-4-2-9(16)6-11(13)19-14(20)18/h1-6H,(H2,18,19). The van der Waals surface area contributed by atoms with Crippen LogP contribution in [0.5, 0.6) is 0 Å². The van der Waals surface area contributed by atoms with Crippen molar-refractivity contribution in [3.8, 4) is 11.8 Å². The fraction of sp³-hybridized carbons (Fsp3) is 0. The molecule has 0 atom stereocenters. The number of halogens is 2. The van der Waals surface area contributed by atoms with Crippen molar-refractivity contribution in [1.29, 1.82) is 5.26 Å². The average Bonchev–Trinajstić information content (AvgIpc) is 2.73. The van der Waals surface area contributed by atoms with Gasteiger partial charge in [-0.05, 0) is 52.3 Å². The molecule has 0 saturated carbocycles. The second-order valence-electron chi connectivity index (χ2n) is 4.22. The van der Waals surface area contributed by atoms with Crippen LogP contribution in [0.1, 0.15) is 5.56 Å². The largest absolute Gasteiger partial charge is 0.369 e. The number of nitriles is 1. The van der Waals surface area contributed by atoms with Gasteiger partial charge < -0.3 is 5.73 Å². The highest BCUT2D eigenvalue weighted by atomic mass is 79.9. The van der Waals surface area contributed by atoms with Gasteiger partial charge in [0.15, 0.2) is 0 Å². The van der Waals surface area contributed by atoms with E-state index < -0.39 is 0 Å². The summed E-state index contributed by atoms with van der Waals surface area (Å²) in [4.78, 5) is 4.30. The summed E-state index contributed by atoms with van der Waals surface area (Å²) >= 11 is 9.42. The molecule has 0 fully saturated rings. The van der Waals surface area contributed by atoms with E-state index in [0.717, 1.165) is 21.2 Å². The summed E-state index contributed by atoms with van der Waals surface area (Å²) in [5, 5.41) is 9.52. The van der Waals surface area contributed by atoms with Crippen LogP contribution in [0, 0.1) is 11.3 Å². The van der Waals surface area contributed by atoms with Gasteiger partial charge in [-0.1, -0.05) is 11.6 Å². The van der Waals surface area contributed by atoms with E-state index in [2.05, 4.69) is 27.0 Å². The predicted molar refractivity (Wildman–Crippen MR) is 82.9 cm³/mol. The van der Waals surface area contributed by atoms with Crippen LogP contribution in [0.3, 0.4) is 0 Å². The van der Waals surface area contributed by atoms with Crippen molar-refractivity contribution >= 4 is 44.5 Å². The zero-order valence-corrected chi connectivity index (χ0v) is 12.5. The van der Waals surface area contributed by atoms with Crippen LogP contribution in [0.25, 0.3) is 16.7 Å². The maximum atomic E-state index is 8.91. The molecule has 0 bridgehead atoms. The minimum absolute atomic E-state index is 0.368. The molecule has 3 rings (SSSR count). The Kier molecular flexibility index (Phi) is 3.13. The first kappa shape index (κ1) is 13.0. The molecule has 0 aliphatic heterocycles. The Morgan fingerprint density at radius 2 is 2.05 bits per heavy atom. The summed E-state index contributed by atoms with van der Waals surface area (Å²) in [6, 6.07) is 12.8. The number of benzene rings is 2. The van der Waals surface area contributed by atoms with Crippen LogP contribution in [0.4, 0.5) is 5.95 Å². The lowest BCUT2D eigenvalue weighted by Crippen LogP contribution is -2.01. The van der Waals surface area contributed by atoms with Gasteiger partial charge in [0.1, 0.15) is 0 Å². The number of anilines is 1. The van der Waals surface area contributed by atoms with E-state index in [-0.39, 0.29) is 0 Å². The minimum Gasteiger partial charge on any atom is -0.369 e. The molecule has 20 heavy (non-hydrogen) atoms. The first-order chi connectivity index (χ1) is 9.60. The molecule has 2 aromatic carbocycles. The number of fused-ring (bicyclic) bond motifs is 1. The molecule has 2 N–H and O–H groups in total. The first-order valence-corrected chi connectivity index (χ1v) is 6.91. The highest BCUT2D eigenvalue weighted by Gasteiger charge is 2.13. The summed E-state index contributed by atoms with van der Waals surface area (Å²) in [6.07, 6.45) is 0. The number of hydrogen-bond donors (Lipinski definition) is 1. The van der Waals surface area contributed by atoms with Gasteiger partial charge in [-0.25, -0.2) is 4.98 Å². The van der Waals surface area contributed by atoms with E-state index in [4.69, 9.17) is 22.6 Å². The fourth-order valence-corrected chi connectivity index (χ4v) is 2.81. The second kappa shape index (κ2) is 4.82. The fourth-order valence-electron chi connectivity index (χ4n) is 2.08. The number of hydrogen-bond acceptors (Lipinski definition) is 3. The Morgan fingerprint density at radius 1 is 1.25 bits per heavy atom.